The molecule has 0 fully saturated rings. The van der Waals surface area contributed by atoms with Gasteiger partial charge in [-0.3, -0.25) is 19.3 Å². The lowest BCUT2D eigenvalue weighted by molar-refractivity contribution is -0.119. The lowest BCUT2D eigenvalue weighted by Crippen LogP contribution is -2.45. The predicted molar refractivity (Wildman–Crippen MR) is 125 cm³/mol. The number of anilines is 3. The van der Waals surface area contributed by atoms with Crippen molar-refractivity contribution in [3.8, 4) is 0 Å². The third kappa shape index (κ3) is 4.45. The van der Waals surface area contributed by atoms with Gasteiger partial charge in [-0.25, -0.2) is 4.79 Å². The Balaban J connectivity index is 1.45. The summed E-state index contributed by atoms with van der Waals surface area (Å²) in [6.07, 6.45) is 0. The van der Waals surface area contributed by atoms with Gasteiger partial charge in [0.2, 0.25) is 5.91 Å². The van der Waals surface area contributed by atoms with Gasteiger partial charge >= 0.3 is 6.03 Å². The summed E-state index contributed by atoms with van der Waals surface area (Å²) in [5.41, 5.74) is 2.90. The zero-order valence-corrected chi connectivity index (χ0v) is 18.1. The molecular weight excluding hydrogens is 420 g/mol. The fraction of sp³-hybridized carbons (Fsp3) is 0.120. The van der Waals surface area contributed by atoms with Gasteiger partial charge in [0.25, 0.3) is 11.8 Å². The van der Waals surface area contributed by atoms with Crippen molar-refractivity contribution < 1.29 is 19.2 Å². The van der Waals surface area contributed by atoms with E-state index in [0.717, 1.165) is 10.5 Å². The van der Waals surface area contributed by atoms with E-state index in [9.17, 15) is 19.2 Å². The Labute approximate surface area is 190 Å². The summed E-state index contributed by atoms with van der Waals surface area (Å²) in [4.78, 5) is 51.5. The Bertz CT molecular complexity index is 1220. The number of hydrogen-bond donors (Lipinski definition) is 3. The molecule has 0 spiro atoms. The number of carbonyl (C=O) groups is 4. The van der Waals surface area contributed by atoms with E-state index >= 15 is 0 Å². The van der Waals surface area contributed by atoms with Gasteiger partial charge in [-0.1, -0.05) is 36.4 Å². The normalized spacial score (nSPS) is 13.3. The van der Waals surface area contributed by atoms with Gasteiger partial charge in [-0.2, -0.15) is 0 Å². The number of benzene rings is 3. The summed E-state index contributed by atoms with van der Waals surface area (Å²) in [6, 6.07) is 19.1. The second kappa shape index (κ2) is 8.96. The maximum Gasteiger partial charge on any atom is 0.323 e. The Morgan fingerprint density at radius 1 is 0.758 bits per heavy atom. The number of hydrogen-bond acceptors (Lipinski definition) is 4. The third-order valence-electron chi connectivity index (χ3n) is 5.38. The zero-order chi connectivity index (χ0) is 23.5. The van der Waals surface area contributed by atoms with Crippen molar-refractivity contribution in [3.63, 3.8) is 0 Å². The summed E-state index contributed by atoms with van der Waals surface area (Å²) >= 11 is 0. The van der Waals surface area contributed by atoms with Crippen LogP contribution in [0.25, 0.3) is 0 Å². The summed E-state index contributed by atoms with van der Waals surface area (Å²) in [7, 11) is 0. The highest BCUT2D eigenvalue weighted by molar-refractivity contribution is 6.23. The van der Waals surface area contributed by atoms with Crippen molar-refractivity contribution in [1.29, 1.82) is 0 Å². The number of imide groups is 1. The van der Waals surface area contributed by atoms with Crippen LogP contribution in [0.5, 0.6) is 0 Å². The molecule has 4 rings (SSSR count). The first-order valence-electron chi connectivity index (χ1n) is 10.4. The molecule has 1 aliphatic heterocycles. The topological polar surface area (TPSA) is 108 Å². The highest BCUT2D eigenvalue weighted by atomic mass is 16.2. The number of carbonyl (C=O) groups excluding carboxylic acids is 4. The van der Waals surface area contributed by atoms with E-state index in [4.69, 9.17) is 0 Å². The monoisotopic (exact) mass is 442 g/mol. The number of fused-ring (bicyclic) bond motifs is 1. The van der Waals surface area contributed by atoms with Gasteiger partial charge in [0.15, 0.2) is 0 Å². The van der Waals surface area contributed by atoms with Crippen LogP contribution in [0.4, 0.5) is 21.9 Å². The van der Waals surface area contributed by atoms with Crippen molar-refractivity contribution in [2.45, 2.75) is 19.9 Å². The Kier molecular flexibility index (Phi) is 5.91. The lowest BCUT2D eigenvalue weighted by Gasteiger charge is -2.22. The minimum atomic E-state index is -1.02. The predicted octanol–water partition coefficient (Wildman–Crippen LogP) is 4.26. The molecule has 1 aliphatic rings. The number of nitrogens with zero attached hydrogens (tertiary/aromatic N) is 1. The Morgan fingerprint density at radius 2 is 1.33 bits per heavy atom. The molecule has 0 bridgehead atoms. The molecule has 8 nitrogen and oxygen atoms in total. The minimum Gasteiger partial charge on any atom is -0.324 e. The molecule has 1 heterocycles. The SMILES string of the molecule is Cc1ccc(NC(=O)Nc2ccccc2)cc1NC(=O)C(C)N1C(=O)c2ccccc2C1=O. The van der Waals surface area contributed by atoms with Gasteiger partial charge < -0.3 is 16.0 Å². The third-order valence-corrected chi connectivity index (χ3v) is 5.38. The van der Waals surface area contributed by atoms with Gasteiger partial charge in [0, 0.05) is 17.1 Å². The van der Waals surface area contributed by atoms with Gasteiger partial charge in [-0.15, -0.1) is 0 Å². The van der Waals surface area contributed by atoms with Crippen LogP contribution in [0.2, 0.25) is 0 Å². The first-order valence-corrected chi connectivity index (χ1v) is 10.4. The molecule has 8 heteroatoms. The molecule has 0 saturated carbocycles. The van der Waals surface area contributed by atoms with Crippen molar-refractivity contribution in [1.82, 2.24) is 4.90 Å². The molecule has 33 heavy (non-hydrogen) atoms. The molecule has 3 aromatic carbocycles. The van der Waals surface area contributed by atoms with E-state index in [1.807, 2.05) is 18.2 Å². The number of urea groups is 1. The van der Waals surface area contributed by atoms with Crippen molar-refractivity contribution >= 4 is 40.8 Å². The second-order valence-corrected chi connectivity index (χ2v) is 7.67. The molecule has 3 aromatic rings. The van der Waals surface area contributed by atoms with Crippen LogP contribution in [0.1, 0.15) is 33.2 Å². The van der Waals surface area contributed by atoms with E-state index in [1.54, 1.807) is 61.5 Å². The van der Waals surface area contributed by atoms with Crippen LogP contribution in [0.15, 0.2) is 72.8 Å². The molecule has 0 aliphatic carbocycles. The summed E-state index contributed by atoms with van der Waals surface area (Å²) in [5.74, 6) is -1.51. The molecule has 0 radical (unpaired) electrons. The molecule has 1 atom stereocenters. The molecule has 0 aromatic heterocycles. The van der Waals surface area contributed by atoms with Gasteiger partial charge in [0.05, 0.1) is 11.1 Å². The standard InChI is InChI=1S/C25H22N4O4/c1-15-12-13-18(27-25(33)26-17-8-4-3-5-9-17)14-21(15)28-22(30)16(2)29-23(31)19-10-6-7-11-20(19)24(29)32/h3-14,16H,1-2H3,(H,28,30)(H2,26,27,33). The van der Waals surface area contributed by atoms with E-state index in [0.29, 0.717) is 17.1 Å². The lowest BCUT2D eigenvalue weighted by atomic mass is 10.1. The molecule has 3 N–H and O–H groups in total. The average molecular weight is 442 g/mol. The van der Waals surface area contributed by atoms with Crippen LogP contribution in [0.3, 0.4) is 0 Å². The molecule has 166 valence electrons. The van der Waals surface area contributed by atoms with Crippen LogP contribution < -0.4 is 16.0 Å². The molecule has 1 unspecified atom stereocenters. The van der Waals surface area contributed by atoms with E-state index in [1.165, 1.54) is 6.92 Å². The quantitative estimate of drug-likeness (QED) is 0.513. The van der Waals surface area contributed by atoms with Crippen LogP contribution in [-0.2, 0) is 4.79 Å². The fourth-order valence-electron chi connectivity index (χ4n) is 3.56. The average Bonchev–Trinajstić information content (AvgIpc) is 3.06. The molecule has 0 saturated heterocycles. The highest BCUT2D eigenvalue weighted by Crippen LogP contribution is 2.26. The zero-order valence-electron chi connectivity index (χ0n) is 18.1. The Morgan fingerprint density at radius 3 is 1.97 bits per heavy atom. The van der Waals surface area contributed by atoms with Gasteiger partial charge in [-0.05, 0) is 55.8 Å². The number of amides is 5. The smallest absolute Gasteiger partial charge is 0.323 e. The molecule has 5 amide bonds. The van der Waals surface area contributed by atoms with Crippen LogP contribution >= 0.6 is 0 Å². The summed E-state index contributed by atoms with van der Waals surface area (Å²) in [6.45, 7) is 3.30. The second-order valence-electron chi connectivity index (χ2n) is 7.67. The van der Waals surface area contributed by atoms with E-state index in [-0.39, 0.29) is 11.1 Å². The maximum absolute atomic E-state index is 12.9. The van der Waals surface area contributed by atoms with Crippen LogP contribution in [-0.4, -0.2) is 34.7 Å². The fourth-order valence-corrected chi connectivity index (χ4v) is 3.56. The number of nitrogens with one attached hydrogen (secondary N) is 3. The van der Waals surface area contributed by atoms with Crippen LogP contribution in [0, 0.1) is 6.92 Å². The first-order chi connectivity index (χ1) is 15.8. The van der Waals surface area contributed by atoms with E-state index < -0.39 is 29.8 Å². The summed E-state index contributed by atoms with van der Waals surface area (Å²) < 4.78 is 0. The maximum atomic E-state index is 12.9. The largest absolute Gasteiger partial charge is 0.324 e. The Hall–Kier alpha value is -4.46. The molecular formula is C25H22N4O4. The number of para-hydroxylation sites is 1. The van der Waals surface area contributed by atoms with Crippen molar-refractivity contribution in [2.75, 3.05) is 16.0 Å². The van der Waals surface area contributed by atoms with E-state index in [2.05, 4.69) is 16.0 Å². The highest BCUT2D eigenvalue weighted by Gasteiger charge is 2.40. The number of aryl methyl sites for hydroxylation is 1. The van der Waals surface area contributed by atoms with Crippen molar-refractivity contribution in [2.24, 2.45) is 0 Å². The minimum absolute atomic E-state index is 0.286. The van der Waals surface area contributed by atoms with Crippen molar-refractivity contribution in [3.05, 3.63) is 89.5 Å². The first kappa shape index (κ1) is 21.8. The number of rotatable bonds is 5. The van der Waals surface area contributed by atoms with Gasteiger partial charge in [0.1, 0.15) is 6.04 Å². The summed E-state index contributed by atoms with van der Waals surface area (Å²) in [5, 5.41) is 8.20.